The molecule has 0 aliphatic heterocycles. The van der Waals surface area contributed by atoms with Gasteiger partial charge in [-0.1, -0.05) is 23.7 Å². The minimum atomic E-state index is -0.320. The van der Waals surface area contributed by atoms with Gasteiger partial charge in [0.05, 0.1) is 4.88 Å². The number of aryl methyl sites for hydroxylation is 3. The number of nitrogens with one attached hydrogen (secondary N) is 1. The summed E-state index contributed by atoms with van der Waals surface area (Å²) < 4.78 is 1.93. The van der Waals surface area contributed by atoms with Gasteiger partial charge in [0, 0.05) is 29.3 Å². The molecular weight excluding hydrogens is 366 g/mol. The van der Waals surface area contributed by atoms with Crippen LogP contribution in [0.3, 0.4) is 0 Å². The van der Waals surface area contributed by atoms with Crippen molar-refractivity contribution in [2.75, 3.05) is 0 Å². The molecule has 6 heteroatoms. The number of imidazole rings is 1. The number of thiophene rings is 1. The third kappa shape index (κ3) is 3.41. The van der Waals surface area contributed by atoms with Crippen LogP contribution in [0.2, 0.25) is 5.02 Å². The van der Waals surface area contributed by atoms with Gasteiger partial charge in [0.25, 0.3) is 5.91 Å². The highest BCUT2D eigenvalue weighted by Crippen LogP contribution is 2.30. The number of hydrogen-bond acceptors (Lipinski definition) is 3. The molecule has 4 rings (SSSR count). The van der Waals surface area contributed by atoms with Crippen molar-refractivity contribution >= 4 is 28.8 Å². The third-order valence-electron chi connectivity index (χ3n) is 4.82. The first-order valence-corrected chi connectivity index (χ1v) is 9.96. The number of carbonyl (C=O) groups excluding carboxylic acids is 1. The largest absolute Gasteiger partial charge is 0.337 e. The molecule has 1 aliphatic carbocycles. The van der Waals surface area contributed by atoms with Gasteiger partial charge in [0.2, 0.25) is 0 Å². The number of benzene rings is 1. The normalized spacial score (nSPS) is 14.7. The van der Waals surface area contributed by atoms with E-state index in [0.29, 0.717) is 5.02 Å². The fourth-order valence-corrected chi connectivity index (χ4v) is 4.70. The molecule has 134 valence electrons. The van der Waals surface area contributed by atoms with Crippen LogP contribution in [0.5, 0.6) is 0 Å². The number of fused-ring (bicyclic) bond motifs is 1. The number of amides is 1. The van der Waals surface area contributed by atoms with E-state index < -0.39 is 0 Å². The van der Waals surface area contributed by atoms with Crippen LogP contribution in [0.1, 0.15) is 50.4 Å². The van der Waals surface area contributed by atoms with Crippen molar-refractivity contribution in [2.45, 2.75) is 31.7 Å². The second-order valence-electron chi connectivity index (χ2n) is 6.62. The lowest BCUT2D eigenvalue weighted by atomic mass is 9.99. The zero-order valence-corrected chi connectivity index (χ0v) is 16.1. The molecule has 1 atom stereocenters. The molecule has 1 amide bonds. The molecule has 1 aliphatic rings. The summed E-state index contributed by atoms with van der Waals surface area (Å²) >= 11 is 7.65. The van der Waals surface area contributed by atoms with E-state index in [1.807, 2.05) is 42.1 Å². The monoisotopic (exact) mass is 385 g/mol. The Bertz CT molecular complexity index is 905. The van der Waals surface area contributed by atoms with E-state index in [0.717, 1.165) is 29.1 Å². The van der Waals surface area contributed by atoms with Gasteiger partial charge in [0.15, 0.2) is 0 Å². The maximum Gasteiger partial charge on any atom is 0.262 e. The number of nitrogens with zero attached hydrogens (tertiary/aromatic N) is 2. The van der Waals surface area contributed by atoms with Gasteiger partial charge in [-0.2, -0.15) is 0 Å². The fraction of sp³-hybridized carbons (Fsp3) is 0.300. The highest BCUT2D eigenvalue weighted by Gasteiger charge is 2.23. The van der Waals surface area contributed by atoms with Crippen LogP contribution in [0, 0.1) is 0 Å². The van der Waals surface area contributed by atoms with Crippen LogP contribution >= 0.6 is 22.9 Å². The molecular formula is C20H20ClN3OS. The van der Waals surface area contributed by atoms with Gasteiger partial charge in [-0.3, -0.25) is 4.79 Å². The summed E-state index contributed by atoms with van der Waals surface area (Å²) in [6.45, 7) is 0. The molecule has 0 spiro atoms. The molecule has 0 bridgehead atoms. The van der Waals surface area contributed by atoms with Crippen molar-refractivity contribution in [2.24, 2.45) is 7.05 Å². The maximum atomic E-state index is 13.0. The fourth-order valence-electron chi connectivity index (χ4n) is 3.41. The maximum absolute atomic E-state index is 13.0. The van der Waals surface area contributed by atoms with E-state index in [1.54, 1.807) is 17.5 Å². The predicted molar refractivity (Wildman–Crippen MR) is 105 cm³/mol. The summed E-state index contributed by atoms with van der Waals surface area (Å²) in [5.74, 6) is 0.745. The lowest BCUT2D eigenvalue weighted by molar-refractivity contribution is 0.0945. The van der Waals surface area contributed by atoms with E-state index in [4.69, 9.17) is 11.6 Å². The average Bonchev–Trinajstić information content (AvgIpc) is 3.26. The smallest absolute Gasteiger partial charge is 0.262 e. The van der Waals surface area contributed by atoms with E-state index in [9.17, 15) is 4.79 Å². The number of carbonyl (C=O) groups is 1. The number of rotatable bonds is 4. The molecule has 26 heavy (non-hydrogen) atoms. The van der Waals surface area contributed by atoms with E-state index in [1.165, 1.54) is 23.3 Å². The molecule has 0 radical (unpaired) electrons. The summed E-state index contributed by atoms with van der Waals surface area (Å²) in [6.07, 6.45) is 8.23. The minimum Gasteiger partial charge on any atom is -0.337 e. The number of aromatic nitrogens is 2. The second kappa shape index (κ2) is 7.25. The molecule has 0 saturated carbocycles. The van der Waals surface area contributed by atoms with Crippen molar-refractivity contribution < 1.29 is 4.79 Å². The first kappa shape index (κ1) is 17.3. The van der Waals surface area contributed by atoms with Gasteiger partial charge in [-0.15, -0.1) is 11.3 Å². The predicted octanol–water partition coefficient (Wildman–Crippen LogP) is 4.53. The van der Waals surface area contributed by atoms with Crippen LogP contribution in [0.4, 0.5) is 0 Å². The van der Waals surface area contributed by atoms with E-state index >= 15 is 0 Å². The molecule has 1 N–H and O–H groups in total. The standard InChI is InChI=1S/C20H20ClN3OS/c1-24-11-10-22-19(24)18(13-6-8-15(21)9-7-13)23-20(25)17-12-14-4-2-3-5-16(14)26-17/h6-12,18H,2-5H2,1H3,(H,23,25). The summed E-state index contributed by atoms with van der Waals surface area (Å²) in [6, 6.07) is 9.28. The summed E-state index contributed by atoms with van der Waals surface area (Å²) in [7, 11) is 1.93. The lowest BCUT2D eigenvalue weighted by Gasteiger charge is -2.19. The lowest BCUT2D eigenvalue weighted by Crippen LogP contribution is -2.30. The summed E-state index contributed by atoms with van der Waals surface area (Å²) in [4.78, 5) is 19.5. The summed E-state index contributed by atoms with van der Waals surface area (Å²) in [5, 5.41) is 3.84. The van der Waals surface area contributed by atoms with Crippen molar-refractivity contribution in [3.63, 3.8) is 0 Å². The van der Waals surface area contributed by atoms with Crippen molar-refractivity contribution in [3.05, 3.63) is 74.5 Å². The summed E-state index contributed by atoms with van der Waals surface area (Å²) in [5.41, 5.74) is 2.30. The van der Waals surface area contributed by atoms with Crippen LogP contribution in [0.25, 0.3) is 0 Å². The van der Waals surface area contributed by atoms with Crippen molar-refractivity contribution in [3.8, 4) is 0 Å². The van der Waals surface area contributed by atoms with Crippen LogP contribution in [-0.4, -0.2) is 15.5 Å². The van der Waals surface area contributed by atoms with Gasteiger partial charge >= 0.3 is 0 Å². The molecule has 0 fully saturated rings. The first-order valence-electron chi connectivity index (χ1n) is 8.77. The van der Waals surface area contributed by atoms with Crippen LogP contribution < -0.4 is 5.32 Å². The zero-order chi connectivity index (χ0) is 18.1. The molecule has 1 unspecified atom stereocenters. The quantitative estimate of drug-likeness (QED) is 0.717. The van der Waals surface area contributed by atoms with Crippen LogP contribution in [0.15, 0.2) is 42.7 Å². The first-order chi connectivity index (χ1) is 12.6. The Kier molecular flexibility index (Phi) is 4.83. The van der Waals surface area contributed by atoms with Gasteiger partial charge < -0.3 is 9.88 Å². The van der Waals surface area contributed by atoms with Gasteiger partial charge in [0.1, 0.15) is 11.9 Å². The Morgan fingerprint density at radius 3 is 2.73 bits per heavy atom. The highest BCUT2D eigenvalue weighted by atomic mass is 35.5. The number of hydrogen-bond donors (Lipinski definition) is 1. The SMILES string of the molecule is Cn1ccnc1C(NC(=O)c1cc2c(s1)CCCC2)c1ccc(Cl)cc1. The third-order valence-corrected chi connectivity index (χ3v) is 6.30. The van der Waals surface area contributed by atoms with Crippen molar-refractivity contribution in [1.82, 2.24) is 14.9 Å². The average molecular weight is 386 g/mol. The van der Waals surface area contributed by atoms with Crippen molar-refractivity contribution in [1.29, 1.82) is 0 Å². The molecule has 4 nitrogen and oxygen atoms in total. The minimum absolute atomic E-state index is 0.0488. The molecule has 0 saturated heterocycles. The Hall–Kier alpha value is -2.11. The highest BCUT2D eigenvalue weighted by molar-refractivity contribution is 7.14. The molecule has 2 aromatic heterocycles. The van der Waals surface area contributed by atoms with Gasteiger partial charge in [-0.25, -0.2) is 4.98 Å². The van der Waals surface area contributed by atoms with E-state index in [2.05, 4.69) is 16.4 Å². The Morgan fingerprint density at radius 2 is 2.04 bits per heavy atom. The topological polar surface area (TPSA) is 46.9 Å². The Morgan fingerprint density at radius 1 is 1.27 bits per heavy atom. The Labute approximate surface area is 161 Å². The number of halogens is 1. The van der Waals surface area contributed by atoms with Crippen LogP contribution in [-0.2, 0) is 19.9 Å². The second-order valence-corrected chi connectivity index (χ2v) is 8.19. The molecule has 1 aromatic carbocycles. The van der Waals surface area contributed by atoms with E-state index in [-0.39, 0.29) is 11.9 Å². The molecule has 3 aromatic rings. The zero-order valence-electron chi connectivity index (χ0n) is 14.5. The molecule has 2 heterocycles. The Balaban J connectivity index is 1.64. The van der Waals surface area contributed by atoms with Gasteiger partial charge in [-0.05, 0) is 55.0 Å².